The quantitative estimate of drug-likeness (QED) is 0.0842. The molecule has 0 bridgehead atoms. The number of thiazole rings is 1. The van der Waals surface area contributed by atoms with Crippen LogP contribution in [0.15, 0.2) is 54.3 Å². The molecular formula is C30H39F4N11O2S. The van der Waals surface area contributed by atoms with Gasteiger partial charge in [0.25, 0.3) is 11.8 Å². The number of alkyl halides is 3. The molecule has 0 radical (unpaired) electrons. The average molecular weight is 694 g/mol. The Labute approximate surface area is 279 Å². The van der Waals surface area contributed by atoms with E-state index < -0.39 is 29.5 Å². The van der Waals surface area contributed by atoms with Crippen LogP contribution in [0.5, 0.6) is 0 Å². The Morgan fingerprint density at radius 1 is 1.04 bits per heavy atom. The Hall–Kier alpha value is -5.23. The number of rotatable bonds is 9. The van der Waals surface area contributed by atoms with E-state index in [1.807, 2.05) is 13.8 Å². The summed E-state index contributed by atoms with van der Waals surface area (Å²) in [6.45, 7) is 9.92. The minimum atomic E-state index is -4.37. The van der Waals surface area contributed by atoms with Crippen molar-refractivity contribution in [2.24, 2.45) is 11.5 Å². The second kappa shape index (κ2) is 20.1. The minimum Gasteiger partial charge on any atom is -0.364 e. The molecule has 0 aromatic carbocycles. The molecule has 0 saturated carbocycles. The Balaban J connectivity index is 0.000000565. The monoisotopic (exact) mass is 693 g/mol. The lowest BCUT2D eigenvalue weighted by molar-refractivity contribution is -0.138. The normalized spacial score (nSPS) is 10.3. The van der Waals surface area contributed by atoms with Gasteiger partial charge in [-0.1, -0.05) is 19.9 Å². The van der Waals surface area contributed by atoms with E-state index in [9.17, 15) is 27.2 Å². The third-order valence-electron chi connectivity index (χ3n) is 5.49. The zero-order valence-electron chi connectivity index (χ0n) is 27.5. The van der Waals surface area contributed by atoms with E-state index in [1.165, 1.54) is 43.6 Å². The van der Waals surface area contributed by atoms with Crippen molar-refractivity contribution in [2.45, 2.75) is 40.8 Å². The number of allylic oxidation sites excluding steroid dienone is 1. The molecule has 0 spiro atoms. The first-order chi connectivity index (χ1) is 22.8. The van der Waals surface area contributed by atoms with Gasteiger partial charge in [0.05, 0.1) is 16.8 Å². The molecule has 0 aliphatic heterocycles. The van der Waals surface area contributed by atoms with Crippen LogP contribution in [0.25, 0.3) is 11.3 Å². The van der Waals surface area contributed by atoms with Gasteiger partial charge >= 0.3 is 6.18 Å². The molecular weight excluding hydrogens is 654 g/mol. The Bertz CT molecular complexity index is 1630. The number of carbonyl (C=O) groups excluding carboxylic acids is 2. The third-order valence-corrected chi connectivity index (χ3v) is 6.24. The number of nitrogens with one attached hydrogen (secondary N) is 3. The van der Waals surface area contributed by atoms with E-state index in [1.54, 1.807) is 44.5 Å². The van der Waals surface area contributed by atoms with Crippen LogP contribution in [0.2, 0.25) is 0 Å². The molecule has 0 atom stereocenters. The fourth-order valence-electron chi connectivity index (χ4n) is 3.35. The van der Waals surface area contributed by atoms with Crippen LogP contribution in [-0.2, 0) is 6.18 Å². The van der Waals surface area contributed by atoms with Crippen molar-refractivity contribution in [1.82, 2.24) is 35.4 Å². The highest BCUT2D eigenvalue weighted by Gasteiger charge is 2.31. The highest BCUT2D eigenvalue weighted by atomic mass is 32.1. The first kappa shape index (κ1) is 40.8. The maximum absolute atomic E-state index is 14.4. The van der Waals surface area contributed by atoms with Crippen LogP contribution < -0.4 is 27.5 Å². The predicted molar refractivity (Wildman–Crippen MR) is 179 cm³/mol. The molecule has 13 nitrogen and oxygen atoms in total. The highest BCUT2D eigenvalue weighted by Crippen LogP contribution is 2.29. The van der Waals surface area contributed by atoms with Gasteiger partial charge in [0.15, 0.2) is 5.13 Å². The summed E-state index contributed by atoms with van der Waals surface area (Å²) in [5.41, 5.74) is 13.6. The zero-order valence-corrected chi connectivity index (χ0v) is 28.3. The van der Waals surface area contributed by atoms with Crippen LogP contribution in [0.4, 0.5) is 34.5 Å². The summed E-state index contributed by atoms with van der Waals surface area (Å²) in [6.07, 6.45) is 0.399. The number of hydrazine groups is 1. The lowest BCUT2D eigenvalue weighted by atomic mass is 10.1. The van der Waals surface area contributed by atoms with Gasteiger partial charge in [-0.05, 0) is 52.1 Å². The van der Waals surface area contributed by atoms with Gasteiger partial charge in [0, 0.05) is 48.8 Å². The maximum Gasteiger partial charge on any atom is 0.419 e. The number of halogens is 4. The lowest BCUT2D eigenvalue weighted by Gasteiger charge is -2.17. The first-order valence-electron chi connectivity index (χ1n) is 14.4. The SMILES string of the molecule is C/C=C\NN(C)C(=O)c1ccc(Nc2nc(-c3ccc(C(N)=O)nc3C)cs2)nc1F.CC.CCNc1ncc(C(F)(F)F)cn1.CN. The van der Waals surface area contributed by atoms with E-state index in [-0.39, 0.29) is 23.0 Å². The number of pyridine rings is 2. The summed E-state index contributed by atoms with van der Waals surface area (Å²) in [4.78, 5) is 43.0. The molecule has 4 rings (SSSR count). The number of amides is 2. The lowest BCUT2D eigenvalue weighted by Crippen LogP contribution is -2.36. The van der Waals surface area contributed by atoms with Gasteiger partial charge in [-0.25, -0.2) is 24.9 Å². The van der Waals surface area contributed by atoms with Crippen molar-refractivity contribution in [3.05, 3.63) is 82.8 Å². The van der Waals surface area contributed by atoms with Crippen LogP contribution in [0.1, 0.15) is 59.8 Å². The second-order valence-electron chi connectivity index (χ2n) is 8.71. The van der Waals surface area contributed by atoms with Crippen LogP contribution in [0, 0.1) is 12.9 Å². The van der Waals surface area contributed by atoms with Crippen LogP contribution >= 0.6 is 11.3 Å². The molecule has 4 aromatic rings. The van der Waals surface area contributed by atoms with Gasteiger partial charge in [0.1, 0.15) is 11.5 Å². The minimum absolute atomic E-state index is 0.166. The van der Waals surface area contributed by atoms with E-state index in [4.69, 9.17) is 5.73 Å². The summed E-state index contributed by atoms with van der Waals surface area (Å²) < 4.78 is 50.4. The molecule has 0 saturated heterocycles. The smallest absolute Gasteiger partial charge is 0.364 e. The number of aryl methyl sites for hydroxylation is 1. The summed E-state index contributed by atoms with van der Waals surface area (Å²) >= 11 is 1.29. The number of hydrogen-bond acceptors (Lipinski definition) is 12. The highest BCUT2D eigenvalue weighted by molar-refractivity contribution is 7.14. The van der Waals surface area contributed by atoms with Crippen LogP contribution in [-0.4, -0.2) is 62.4 Å². The van der Waals surface area contributed by atoms with Crippen LogP contribution in [0.3, 0.4) is 0 Å². The van der Waals surface area contributed by atoms with Gasteiger partial charge < -0.3 is 27.5 Å². The van der Waals surface area contributed by atoms with Gasteiger partial charge in [-0.2, -0.15) is 17.6 Å². The van der Waals surface area contributed by atoms with E-state index in [2.05, 4.69) is 46.7 Å². The Morgan fingerprint density at radius 2 is 1.69 bits per heavy atom. The van der Waals surface area contributed by atoms with E-state index >= 15 is 0 Å². The fourth-order valence-corrected chi connectivity index (χ4v) is 4.06. The Kier molecular flexibility index (Phi) is 17.1. The van der Waals surface area contributed by atoms with Crippen molar-refractivity contribution in [3.8, 4) is 11.3 Å². The molecule has 0 aliphatic carbocycles. The predicted octanol–water partition coefficient (Wildman–Crippen LogP) is 5.53. The van der Waals surface area contributed by atoms with Gasteiger partial charge in [-0.15, -0.1) is 11.3 Å². The second-order valence-corrected chi connectivity index (χ2v) is 9.57. The van der Waals surface area contributed by atoms with Crippen molar-refractivity contribution in [1.29, 1.82) is 0 Å². The molecule has 7 N–H and O–H groups in total. The number of hydrogen-bond donors (Lipinski definition) is 5. The summed E-state index contributed by atoms with van der Waals surface area (Å²) in [6, 6.07) is 6.10. The molecule has 48 heavy (non-hydrogen) atoms. The van der Waals surface area contributed by atoms with Crippen molar-refractivity contribution in [2.75, 3.05) is 31.3 Å². The first-order valence-corrected chi connectivity index (χ1v) is 15.2. The number of nitrogens with zero attached hydrogens (tertiary/aromatic N) is 6. The molecule has 260 valence electrons. The van der Waals surface area contributed by atoms with Crippen molar-refractivity contribution >= 4 is 40.0 Å². The topological polar surface area (TPSA) is 190 Å². The van der Waals surface area contributed by atoms with E-state index in [0.717, 1.165) is 23.0 Å². The number of aromatic nitrogens is 5. The summed E-state index contributed by atoms with van der Waals surface area (Å²) in [5, 5.41) is 9.05. The molecule has 0 unspecified atom stereocenters. The summed E-state index contributed by atoms with van der Waals surface area (Å²) in [5.74, 6) is -1.65. The molecule has 4 aromatic heterocycles. The van der Waals surface area contributed by atoms with Crippen molar-refractivity contribution in [3.63, 3.8) is 0 Å². The Morgan fingerprint density at radius 3 is 2.21 bits per heavy atom. The van der Waals surface area contributed by atoms with Crippen molar-refractivity contribution < 1.29 is 27.2 Å². The van der Waals surface area contributed by atoms with Gasteiger partial charge in [0.2, 0.25) is 11.9 Å². The molecule has 0 fully saturated rings. The largest absolute Gasteiger partial charge is 0.419 e. The maximum atomic E-state index is 14.4. The number of carbonyl (C=O) groups is 2. The molecule has 2 amide bonds. The average Bonchev–Trinajstić information content (AvgIpc) is 3.53. The molecule has 18 heteroatoms. The summed E-state index contributed by atoms with van der Waals surface area (Å²) in [7, 11) is 2.98. The third kappa shape index (κ3) is 12.2. The fraction of sp³-hybridized carbons (Fsp3) is 0.300. The molecule has 4 heterocycles. The van der Waals surface area contributed by atoms with Gasteiger partial charge in [-0.3, -0.25) is 14.6 Å². The number of nitrogens with two attached hydrogens (primary N) is 2. The standard InChI is InChI=1S/C20H20FN7O2S.C7H8F3N3.C2H6.CH5N/c1-4-9-23-28(3)19(30)13-6-8-16(26-17(13)21)27-20-25-15(10-31-20)12-5-7-14(18(22)29)24-11(12)2;1-2-11-6-12-3-5(4-13-6)7(8,9)10;2*1-2/h4-10,23H,1-3H3,(H2,22,29)(H,25,26,27);3-4H,2H2,1H3,(H,11,12,13);1-2H3;2H2,1H3/b9-4-;;;. The number of primary amides is 1. The molecule has 0 aliphatic rings. The van der Waals surface area contributed by atoms with E-state index in [0.29, 0.717) is 23.1 Å². The zero-order chi connectivity index (χ0) is 36.4. The number of anilines is 3.